The Morgan fingerprint density at radius 1 is 1.23 bits per heavy atom. The Bertz CT molecular complexity index is 127. The van der Waals surface area contributed by atoms with Crippen LogP contribution in [0.4, 0.5) is 0 Å². The quantitative estimate of drug-likeness (QED) is 0.613. The number of hydrogen-bond donors (Lipinski definition) is 0. The van der Waals surface area contributed by atoms with Gasteiger partial charge in [0, 0.05) is 6.54 Å². The fraction of sp³-hybridized carbons (Fsp3) is 1.00. The Morgan fingerprint density at radius 3 is 2.15 bits per heavy atom. The van der Waals surface area contributed by atoms with Crippen LogP contribution in [0.5, 0.6) is 0 Å². The van der Waals surface area contributed by atoms with Crippen molar-refractivity contribution in [1.82, 2.24) is 4.90 Å². The Kier molecular flexibility index (Phi) is 5.62. The molecule has 0 aliphatic carbocycles. The summed E-state index contributed by atoms with van der Waals surface area (Å²) in [5.74, 6) is 0.816. The van der Waals surface area contributed by atoms with Gasteiger partial charge in [-0.05, 0) is 38.3 Å². The number of hydrogen-bond acceptors (Lipinski definition) is 1. The summed E-state index contributed by atoms with van der Waals surface area (Å²) in [6, 6.07) is 0. The molecule has 1 nitrogen and oxygen atoms in total. The fourth-order valence-electron chi connectivity index (χ4n) is 2.41. The van der Waals surface area contributed by atoms with Gasteiger partial charge in [-0.25, -0.2) is 0 Å². The molecule has 0 N–H and O–H groups in total. The highest BCUT2D eigenvalue weighted by Gasteiger charge is 2.20. The van der Waals surface area contributed by atoms with Crippen molar-refractivity contribution >= 4 is 0 Å². The molecule has 0 aromatic heterocycles. The first-order valence-electron chi connectivity index (χ1n) is 5.52. The lowest BCUT2D eigenvalue weighted by Gasteiger charge is -2.29. The zero-order chi connectivity index (χ0) is 10.5. The molecule has 0 radical (unpaired) electrons. The van der Waals surface area contributed by atoms with Gasteiger partial charge in [0.2, 0.25) is 0 Å². The van der Waals surface area contributed by atoms with E-state index >= 15 is 0 Å². The van der Waals surface area contributed by atoms with Crippen molar-refractivity contribution in [2.75, 3.05) is 20.6 Å². The van der Waals surface area contributed by atoms with Gasteiger partial charge in [0.1, 0.15) is 0 Å². The SMILES string of the molecule is CCCC(C)(C)CC(C)CN(C)C. The molecule has 1 atom stereocenters. The van der Waals surface area contributed by atoms with Gasteiger partial charge >= 0.3 is 0 Å². The molecular formula is C12H27N. The van der Waals surface area contributed by atoms with Crippen LogP contribution in [0.3, 0.4) is 0 Å². The van der Waals surface area contributed by atoms with E-state index in [0.717, 1.165) is 5.92 Å². The molecule has 1 heteroatoms. The second-order valence-electron chi connectivity index (χ2n) is 5.49. The summed E-state index contributed by atoms with van der Waals surface area (Å²) >= 11 is 0. The van der Waals surface area contributed by atoms with Crippen molar-refractivity contribution in [2.24, 2.45) is 11.3 Å². The Hall–Kier alpha value is -0.0400. The summed E-state index contributed by atoms with van der Waals surface area (Å²) in [7, 11) is 4.31. The van der Waals surface area contributed by atoms with Gasteiger partial charge in [-0.3, -0.25) is 0 Å². The van der Waals surface area contributed by atoms with Crippen LogP contribution < -0.4 is 0 Å². The molecular weight excluding hydrogens is 158 g/mol. The second kappa shape index (κ2) is 5.64. The largest absolute Gasteiger partial charge is 0.309 e. The van der Waals surface area contributed by atoms with Gasteiger partial charge in [-0.1, -0.05) is 34.1 Å². The minimum absolute atomic E-state index is 0.532. The summed E-state index contributed by atoms with van der Waals surface area (Å²) in [5.41, 5.74) is 0.532. The minimum Gasteiger partial charge on any atom is -0.309 e. The van der Waals surface area contributed by atoms with Crippen molar-refractivity contribution in [3.63, 3.8) is 0 Å². The predicted molar refractivity (Wildman–Crippen MR) is 61.0 cm³/mol. The van der Waals surface area contributed by atoms with Gasteiger partial charge in [-0.2, -0.15) is 0 Å². The lowest BCUT2D eigenvalue weighted by molar-refractivity contribution is 0.220. The third-order valence-corrected chi connectivity index (χ3v) is 2.50. The first-order chi connectivity index (χ1) is 5.87. The molecule has 0 spiro atoms. The Morgan fingerprint density at radius 2 is 1.77 bits per heavy atom. The van der Waals surface area contributed by atoms with Crippen molar-refractivity contribution in [2.45, 2.75) is 47.0 Å². The standard InChI is InChI=1S/C12H27N/c1-7-8-12(3,4)9-11(2)10-13(5)6/h11H,7-10H2,1-6H3. The van der Waals surface area contributed by atoms with Crippen LogP contribution in [-0.2, 0) is 0 Å². The summed E-state index contributed by atoms with van der Waals surface area (Å²) in [6.45, 7) is 10.6. The summed E-state index contributed by atoms with van der Waals surface area (Å²) in [5, 5.41) is 0. The fourth-order valence-corrected chi connectivity index (χ4v) is 2.41. The highest BCUT2D eigenvalue weighted by atomic mass is 15.1. The van der Waals surface area contributed by atoms with E-state index in [-0.39, 0.29) is 0 Å². The van der Waals surface area contributed by atoms with Crippen LogP contribution in [0.15, 0.2) is 0 Å². The van der Waals surface area contributed by atoms with Gasteiger partial charge < -0.3 is 4.90 Å². The van der Waals surface area contributed by atoms with Crippen LogP contribution in [0, 0.1) is 11.3 Å². The van der Waals surface area contributed by atoms with Crippen LogP contribution in [-0.4, -0.2) is 25.5 Å². The van der Waals surface area contributed by atoms with Crippen molar-refractivity contribution < 1.29 is 0 Å². The summed E-state index contributed by atoms with van der Waals surface area (Å²) in [4.78, 5) is 2.28. The molecule has 0 amide bonds. The molecule has 0 saturated carbocycles. The van der Waals surface area contributed by atoms with Crippen LogP contribution >= 0.6 is 0 Å². The maximum absolute atomic E-state index is 2.39. The Labute approximate surface area is 84.5 Å². The molecule has 0 saturated heterocycles. The van der Waals surface area contributed by atoms with Gasteiger partial charge in [-0.15, -0.1) is 0 Å². The normalized spacial score (nSPS) is 15.0. The molecule has 0 aromatic rings. The third-order valence-electron chi connectivity index (χ3n) is 2.50. The van der Waals surface area contributed by atoms with E-state index < -0.39 is 0 Å². The van der Waals surface area contributed by atoms with Crippen molar-refractivity contribution in [1.29, 1.82) is 0 Å². The molecule has 1 unspecified atom stereocenters. The van der Waals surface area contributed by atoms with Crippen LogP contribution in [0.25, 0.3) is 0 Å². The first-order valence-corrected chi connectivity index (χ1v) is 5.52. The zero-order valence-corrected chi connectivity index (χ0v) is 10.4. The Balaban J connectivity index is 3.81. The van der Waals surface area contributed by atoms with Gasteiger partial charge in [0.05, 0.1) is 0 Å². The highest BCUT2D eigenvalue weighted by Crippen LogP contribution is 2.30. The zero-order valence-electron chi connectivity index (χ0n) is 10.4. The van der Waals surface area contributed by atoms with Crippen LogP contribution in [0.2, 0.25) is 0 Å². The lowest BCUT2D eigenvalue weighted by Crippen LogP contribution is -2.24. The first kappa shape index (κ1) is 13.0. The molecule has 0 aromatic carbocycles. The van der Waals surface area contributed by atoms with E-state index in [0.29, 0.717) is 5.41 Å². The molecule has 0 rings (SSSR count). The van der Waals surface area contributed by atoms with E-state index in [1.54, 1.807) is 0 Å². The molecule has 0 aliphatic heterocycles. The second-order valence-corrected chi connectivity index (χ2v) is 5.49. The van der Waals surface area contributed by atoms with E-state index in [9.17, 15) is 0 Å². The number of nitrogens with zero attached hydrogens (tertiary/aromatic N) is 1. The monoisotopic (exact) mass is 185 g/mol. The van der Waals surface area contributed by atoms with E-state index in [1.165, 1.54) is 25.8 Å². The molecule has 0 aliphatic rings. The summed E-state index contributed by atoms with van der Waals surface area (Å²) in [6.07, 6.45) is 4.01. The minimum atomic E-state index is 0.532. The maximum atomic E-state index is 2.39. The summed E-state index contributed by atoms with van der Waals surface area (Å²) < 4.78 is 0. The molecule has 0 heterocycles. The maximum Gasteiger partial charge on any atom is 0.000112 e. The van der Waals surface area contributed by atoms with Crippen LogP contribution in [0.1, 0.15) is 47.0 Å². The molecule has 13 heavy (non-hydrogen) atoms. The topological polar surface area (TPSA) is 3.24 Å². The van der Waals surface area contributed by atoms with Gasteiger partial charge in [0.25, 0.3) is 0 Å². The van der Waals surface area contributed by atoms with E-state index in [2.05, 4.69) is 46.7 Å². The smallest absolute Gasteiger partial charge is 0.000112 e. The predicted octanol–water partition coefficient (Wildman–Crippen LogP) is 3.40. The highest BCUT2D eigenvalue weighted by molar-refractivity contribution is 4.72. The average molecular weight is 185 g/mol. The molecule has 0 fully saturated rings. The van der Waals surface area contributed by atoms with Gasteiger partial charge in [0.15, 0.2) is 0 Å². The van der Waals surface area contributed by atoms with E-state index in [1.807, 2.05) is 0 Å². The van der Waals surface area contributed by atoms with Crippen molar-refractivity contribution in [3.8, 4) is 0 Å². The number of rotatable bonds is 6. The van der Waals surface area contributed by atoms with E-state index in [4.69, 9.17) is 0 Å². The van der Waals surface area contributed by atoms with Crippen molar-refractivity contribution in [3.05, 3.63) is 0 Å². The molecule has 0 bridgehead atoms. The average Bonchev–Trinajstić information content (AvgIpc) is 1.81. The third kappa shape index (κ3) is 7.06. The molecule has 80 valence electrons. The lowest BCUT2D eigenvalue weighted by atomic mass is 9.80.